The summed E-state index contributed by atoms with van der Waals surface area (Å²) >= 11 is 5.62. The molecule has 0 fully saturated rings. The molecular weight excluding hydrogens is 833 g/mol. The van der Waals surface area contributed by atoms with Gasteiger partial charge >= 0.3 is 350 Å². The summed E-state index contributed by atoms with van der Waals surface area (Å²) in [4.78, 5) is 9.11. The van der Waals surface area contributed by atoms with Crippen molar-refractivity contribution in [2.24, 2.45) is 5.10 Å². The summed E-state index contributed by atoms with van der Waals surface area (Å²) in [5.74, 6) is 0. The van der Waals surface area contributed by atoms with Crippen molar-refractivity contribution >= 4 is 75.2 Å². The van der Waals surface area contributed by atoms with E-state index < -0.39 is 21.2 Å². The Morgan fingerprint density at radius 3 is 1.47 bits per heavy atom. The molecule has 5 nitrogen and oxygen atoms in total. The molecule has 0 spiro atoms. The van der Waals surface area contributed by atoms with E-state index in [-0.39, 0.29) is 0 Å². The Kier molecular flexibility index (Phi) is 10.6. The normalized spacial score (nSPS) is 13.3. The van der Waals surface area contributed by atoms with Crippen LogP contribution in [0.1, 0.15) is 11.1 Å². The minimum absolute atomic E-state index is 0.653. The first-order valence-corrected chi connectivity index (χ1v) is 21.2. The molecule has 7 aromatic carbocycles. The van der Waals surface area contributed by atoms with E-state index in [0.29, 0.717) is 5.02 Å². The molecule has 0 saturated heterocycles. The summed E-state index contributed by atoms with van der Waals surface area (Å²) in [6.07, 6.45) is 6.29. The Balaban J connectivity index is 1.07. The number of hydrogen-bond donors (Lipinski definition) is 1. The number of hydrazone groups is 1. The van der Waals surface area contributed by atoms with Gasteiger partial charge in [0.15, 0.2) is 0 Å². The number of pyridine rings is 1. The van der Waals surface area contributed by atoms with E-state index in [0.717, 1.165) is 65.6 Å². The number of rotatable bonds is 10. The number of hydrogen-bond acceptors (Lipinski definition) is 5. The number of allylic oxidation sites excluding steroid dienone is 3. The summed E-state index contributed by atoms with van der Waals surface area (Å²) in [5.41, 5.74) is 15.1. The first kappa shape index (κ1) is 36.2. The zero-order chi connectivity index (χ0) is 38.4. The molecule has 1 aliphatic rings. The van der Waals surface area contributed by atoms with E-state index in [1.165, 1.54) is 9.14 Å². The van der Waals surface area contributed by atoms with Crippen molar-refractivity contribution in [3.05, 3.63) is 229 Å². The van der Waals surface area contributed by atoms with Crippen molar-refractivity contribution < 1.29 is 21.2 Å². The number of nitrogens with zero attached hydrogens (tertiary/aromatic N) is 4. The molecular formula is C50H36ClIN5-. The zero-order valence-electron chi connectivity index (χ0n) is 30.8. The van der Waals surface area contributed by atoms with Crippen LogP contribution in [0, 0.1) is 0 Å². The first-order valence-electron chi connectivity index (χ1n) is 18.6. The van der Waals surface area contributed by atoms with Gasteiger partial charge in [0, 0.05) is 0 Å². The van der Waals surface area contributed by atoms with Gasteiger partial charge in [0.25, 0.3) is 0 Å². The SMILES string of the molecule is Clc1ccc2c(NN=C3[I-]C(c4ccc(N(c5ccccc5)c5ccccc5)cc4)=CC=C3c3ccc(N(c4ccccc4)c4ccccc4)cc3)ccnc2c1. The Labute approximate surface area is 348 Å². The zero-order valence-corrected chi connectivity index (χ0v) is 33.7. The Bertz CT molecular complexity index is 2640. The van der Waals surface area contributed by atoms with Gasteiger partial charge in [0.2, 0.25) is 0 Å². The van der Waals surface area contributed by atoms with E-state index in [1.807, 2.05) is 36.4 Å². The van der Waals surface area contributed by atoms with E-state index >= 15 is 0 Å². The van der Waals surface area contributed by atoms with Gasteiger partial charge in [0.05, 0.1) is 0 Å². The van der Waals surface area contributed by atoms with Crippen LogP contribution in [0.5, 0.6) is 0 Å². The van der Waals surface area contributed by atoms with E-state index in [1.54, 1.807) is 6.20 Å². The van der Waals surface area contributed by atoms with Crippen LogP contribution in [-0.2, 0) is 0 Å². The van der Waals surface area contributed by atoms with Gasteiger partial charge in [0.1, 0.15) is 0 Å². The number of benzene rings is 7. The van der Waals surface area contributed by atoms with Crippen LogP contribution in [0.15, 0.2) is 218 Å². The van der Waals surface area contributed by atoms with Crippen molar-refractivity contribution in [1.29, 1.82) is 0 Å². The molecule has 1 aromatic heterocycles. The molecule has 0 aliphatic carbocycles. The van der Waals surface area contributed by atoms with Crippen molar-refractivity contribution in [3.8, 4) is 0 Å². The third-order valence-corrected chi connectivity index (χ3v) is 12.8. The molecule has 276 valence electrons. The second kappa shape index (κ2) is 16.7. The molecule has 1 N–H and O–H groups in total. The fourth-order valence-corrected chi connectivity index (χ4v) is 9.71. The Morgan fingerprint density at radius 1 is 0.491 bits per heavy atom. The predicted molar refractivity (Wildman–Crippen MR) is 236 cm³/mol. The van der Waals surface area contributed by atoms with Crippen LogP contribution in [-0.4, -0.2) is 8.70 Å². The summed E-state index contributed by atoms with van der Waals surface area (Å²) in [5, 5.41) is 6.78. The summed E-state index contributed by atoms with van der Waals surface area (Å²) in [6.45, 7) is 0. The van der Waals surface area contributed by atoms with Gasteiger partial charge in [-0.1, -0.05) is 0 Å². The standard InChI is InChI=1S/C50H36ClIN5/c51-38-25-30-46-48(33-34-53-49(46)35-38)54-55-50-45(36-21-26-43(27-22-36)56(39-13-5-1-6-14-39)40-15-7-2-8-16-40)31-32-47(52-50)37-23-28-44(29-24-37)57(41-17-9-3-10-18-41)42-19-11-4-12-20-42/h1-35H,(H,53,54)/q-1. The second-order valence-electron chi connectivity index (χ2n) is 13.3. The van der Waals surface area contributed by atoms with Crippen molar-refractivity contribution in [3.63, 3.8) is 0 Å². The molecule has 0 unspecified atom stereocenters. The quantitative estimate of drug-likeness (QED) is 0.110. The van der Waals surface area contributed by atoms with Crippen molar-refractivity contribution in [2.75, 3.05) is 15.2 Å². The minimum atomic E-state index is -0.699. The van der Waals surface area contributed by atoms with Crippen molar-refractivity contribution in [2.45, 2.75) is 0 Å². The molecule has 2 heterocycles. The number of fused-ring (bicyclic) bond motifs is 1. The van der Waals surface area contributed by atoms with Crippen LogP contribution in [0.4, 0.5) is 39.8 Å². The van der Waals surface area contributed by atoms with Crippen LogP contribution in [0.3, 0.4) is 0 Å². The summed E-state index contributed by atoms with van der Waals surface area (Å²) in [6, 6.07) is 67.4. The summed E-state index contributed by atoms with van der Waals surface area (Å²) < 4.78 is 2.33. The second-order valence-corrected chi connectivity index (χ2v) is 16.5. The van der Waals surface area contributed by atoms with Gasteiger partial charge < -0.3 is 0 Å². The molecule has 7 heteroatoms. The van der Waals surface area contributed by atoms with Crippen LogP contribution < -0.4 is 36.4 Å². The van der Waals surface area contributed by atoms with Crippen molar-refractivity contribution in [1.82, 2.24) is 4.98 Å². The topological polar surface area (TPSA) is 43.8 Å². The summed E-state index contributed by atoms with van der Waals surface area (Å²) in [7, 11) is 0. The molecule has 0 bridgehead atoms. The molecule has 9 rings (SSSR count). The number of aromatic nitrogens is 1. The van der Waals surface area contributed by atoms with Gasteiger partial charge in [-0.15, -0.1) is 0 Å². The van der Waals surface area contributed by atoms with E-state index in [2.05, 4.69) is 190 Å². The fraction of sp³-hybridized carbons (Fsp3) is 0. The Morgan fingerprint density at radius 2 is 0.965 bits per heavy atom. The van der Waals surface area contributed by atoms with E-state index in [9.17, 15) is 0 Å². The fourth-order valence-electron chi connectivity index (χ4n) is 6.94. The van der Waals surface area contributed by atoms with Gasteiger partial charge in [-0.2, -0.15) is 0 Å². The third kappa shape index (κ3) is 7.96. The number of halogens is 2. The van der Waals surface area contributed by atoms with Crippen LogP contribution in [0.25, 0.3) is 20.1 Å². The maximum atomic E-state index is 6.32. The molecule has 8 aromatic rings. The Hall–Kier alpha value is -6.48. The average molecular weight is 869 g/mol. The average Bonchev–Trinajstić information content (AvgIpc) is 3.28. The molecule has 1 aliphatic heterocycles. The van der Waals surface area contributed by atoms with Gasteiger partial charge in [-0.25, -0.2) is 0 Å². The molecule has 0 amide bonds. The molecule has 0 radical (unpaired) electrons. The monoisotopic (exact) mass is 868 g/mol. The molecule has 57 heavy (non-hydrogen) atoms. The number of anilines is 7. The van der Waals surface area contributed by atoms with E-state index in [4.69, 9.17) is 16.7 Å². The van der Waals surface area contributed by atoms with Gasteiger partial charge in [-0.05, 0) is 0 Å². The third-order valence-electron chi connectivity index (χ3n) is 9.68. The van der Waals surface area contributed by atoms with Crippen LogP contribution >= 0.6 is 11.6 Å². The van der Waals surface area contributed by atoms with Gasteiger partial charge in [-0.3, -0.25) is 0 Å². The number of nitrogens with one attached hydrogen (secondary N) is 1. The number of para-hydroxylation sites is 4. The van der Waals surface area contributed by atoms with Crippen LogP contribution in [0.2, 0.25) is 5.02 Å². The maximum absolute atomic E-state index is 6.32. The predicted octanol–water partition coefficient (Wildman–Crippen LogP) is 10.8. The first-order chi connectivity index (χ1) is 28.2. The molecule has 0 saturated carbocycles. The molecule has 0 atom stereocenters.